The van der Waals surface area contributed by atoms with E-state index in [9.17, 15) is 4.79 Å². The number of nitrogens with one attached hydrogen (secondary N) is 1. The van der Waals surface area contributed by atoms with Gasteiger partial charge in [0.25, 0.3) is 0 Å². The molecule has 3 heterocycles. The Hall–Kier alpha value is -2.28. The molecule has 0 amide bonds. The highest BCUT2D eigenvalue weighted by Crippen LogP contribution is 2.29. The Morgan fingerprint density at radius 1 is 1.47 bits per heavy atom. The molecule has 0 saturated heterocycles. The Balaban J connectivity index is 2.20. The first-order valence-electron chi connectivity index (χ1n) is 4.73. The van der Waals surface area contributed by atoms with Gasteiger partial charge in [-0.1, -0.05) is 0 Å². The third kappa shape index (κ3) is 1.56. The van der Waals surface area contributed by atoms with Gasteiger partial charge in [0.2, 0.25) is 0 Å². The van der Waals surface area contributed by atoms with E-state index in [-0.39, 0.29) is 5.69 Å². The average Bonchev–Trinajstić information content (AvgIpc) is 2.95. The molecule has 0 atom stereocenters. The number of hydrogen-bond acceptors (Lipinski definition) is 5. The summed E-state index contributed by atoms with van der Waals surface area (Å²) >= 11 is 1.40. The summed E-state index contributed by atoms with van der Waals surface area (Å²) < 4.78 is 0.959. The number of thiazole rings is 1. The van der Waals surface area contributed by atoms with Crippen molar-refractivity contribution < 1.29 is 9.90 Å². The lowest BCUT2D eigenvalue weighted by Gasteiger charge is -1.92. The number of carboxylic acids is 1. The maximum Gasteiger partial charge on any atom is 0.356 e. The van der Waals surface area contributed by atoms with Crippen molar-refractivity contribution in [1.29, 1.82) is 0 Å². The van der Waals surface area contributed by atoms with E-state index in [1.807, 2.05) is 6.07 Å². The van der Waals surface area contributed by atoms with Crippen LogP contribution in [0.25, 0.3) is 20.9 Å². The van der Waals surface area contributed by atoms with Gasteiger partial charge < -0.3 is 10.1 Å². The summed E-state index contributed by atoms with van der Waals surface area (Å²) in [4.78, 5) is 25.8. The lowest BCUT2D eigenvalue weighted by atomic mass is 10.3. The van der Waals surface area contributed by atoms with Gasteiger partial charge >= 0.3 is 5.97 Å². The molecule has 0 unspecified atom stereocenters. The molecular formula is C10H6N4O2S. The van der Waals surface area contributed by atoms with Crippen LogP contribution in [-0.4, -0.2) is 31.0 Å². The van der Waals surface area contributed by atoms with Crippen LogP contribution < -0.4 is 0 Å². The Morgan fingerprint density at radius 3 is 3.12 bits per heavy atom. The minimum absolute atomic E-state index is 0.0167. The molecule has 0 saturated carbocycles. The van der Waals surface area contributed by atoms with Crippen molar-refractivity contribution in [2.24, 2.45) is 0 Å². The van der Waals surface area contributed by atoms with Crippen LogP contribution in [0.15, 0.2) is 24.8 Å². The molecule has 84 valence electrons. The topological polar surface area (TPSA) is 91.8 Å². The number of carbonyl (C=O) groups is 1. The van der Waals surface area contributed by atoms with Crippen molar-refractivity contribution in [1.82, 2.24) is 19.9 Å². The molecule has 0 aliphatic heterocycles. The largest absolute Gasteiger partial charge is 0.476 e. The fourth-order valence-corrected chi connectivity index (χ4v) is 2.45. The van der Waals surface area contributed by atoms with Crippen LogP contribution in [0.5, 0.6) is 0 Å². The number of pyridine rings is 1. The molecule has 6 nitrogen and oxygen atoms in total. The Labute approximate surface area is 99.0 Å². The number of hydrogen-bond donors (Lipinski definition) is 2. The van der Waals surface area contributed by atoms with E-state index < -0.39 is 5.97 Å². The van der Waals surface area contributed by atoms with Crippen LogP contribution in [0.2, 0.25) is 0 Å². The van der Waals surface area contributed by atoms with Crippen LogP contribution in [-0.2, 0) is 0 Å². The van der Waals surface area contributed by atoms with Gasteiger partial charge in [0, 0.05) is 6.20 Å². The second kappa shape index (κ2) is 3.63. The van der Waals surface area contributed by atoms with E-state index in [1.54, 1.807) is 12.4 Å². The van der Waals surface area contributed by atoms with Crippen LogP contribution in [0.4, 0.5) is 0 Å². The monoisotopic (exact) mass is 246 g/mol. The highest BCUT2D eigenvalue weighted by molar-refractivity contribution is 7.21. The molecule has 2 N–H and O–H groups in total. The first kappa shape index (κ1) is 9.91. The summed E-state index contributed by atoms with van der Waals surface area (Å²) in [5, 5.41) is 9.57. The highest BCUT2D eigenvalue weighted by atomic mass is 32.1. The van der Waals surface area contributed by atoms with E-state index in [0.717, 1.165) is 10.2 Å². The number of fused-ring (bicyclic) bond motifs is 1. The van der Waals surface area contributed by atoms with Crippen LogP contribution in [0.3, 0.4) is 0 Å². The summed E-state index contributed by atoms with van der Waals surface area (Å²) in [5.41, 5.74) is 1.16. The minimum Gasteiger partial charge on any atom is -0.476 e. The van der Waals surface area contributed by atoms with Gasteiger partial charge in [0.05, 0.1) is 17.2 Å². The Bertz CT molecular complexity index is 670. The molecular weight excluding hydrogens is 240 g/mol. The second-order valence-electron chi connectivity index (χ2n) is 3.29. The van der Waals surface area contributed by atoms with Gasteiger partial charge in [-0.05, 0) is 6.07 Å². The minimum atomic E-state index is -1.07. The van der Waals surface area contributed by atoms with Crippen molar-refractivity contribution in [3.8, 4) is 10.7 Å². The normalized spacial score (nSPS) is 10.8. The Kier molecular flexibility index (Phi) is 2.12. The van der Waals surface area contributed by atoms with Crippen LogP contribution in [0, 0.1) is 0 Å². The van der Waals surface area contributed by atoms with Crippen molar-refractivity contribution in [2.75, 3.05) is 0 Å². The third-order valence-corrected chi connectivity index (χ3v) is 3.30. The van der Waals surface area contributed by atoms with Gasteiger partial charge in [-0.2, -0.15) is 0 Å². The van der Waals surface area contributed by atoms with Gasteiger partial charge in [-0.15, -0.1) is 11.3 Å². The number of aromatic amines is 1. The van der Waals surface area contributed by atoms with Crippen molar-refractivity contribution in [2.45, 2.75) is 0 Å². The molecule has 0 aliphatic carbocycles. The van der Waals surface area contributed by atoms with E-state index >= 15 is 0 Å². The van der Waals surface area contributed by atoms with E-state index in [1.165, 1.54) is 17.7 Å². The smallest absolute Gasteiger partial charge is 0.356 e. The molecule has 0 radical (unpaired) electrons. The van der Waals surface area contributed by atoms with E-state index in [0.29, 0.717) is 10.7 Å². The van der Waals surface area contributed by atoms with Gasteiger partial charge in [-0.3, -0.25) is 4.98 Å². The molecule has 3 rings (SSSR count). The number of aromatic carboxylic acids is 1. The summed E-state index contributed by atoms with van der Waals surface area (Å²) in [7, 11) is 0. The molecule has 0 spiro atoms. The molecule has 0 aromatic carbocycles. The lowest BCUT2D eigenvalue weighted by molar-refractivity contribution is 0.0692. The average molecular weight is 246 g/mol. The van der Waals surface area contributed by atoms with E-state index in [4.69, 9.17) is 5.11 Å². The maximum atomic E-state index is 11.0. The fraction of sp³-hybridized carbons (Fsp3) is 0. The zero-order valence-corrected chi connectivity index (χ0v) is 9.23. The number of rotatable bonds is 2. The summed E-state index contributed by atoms with van der Waals surface area (Å²) in [6, 6.07) is 1.84. The maximum absolute atomic E-state index is 11.0. The number of aromatic nitrogens is 4. The standard InChI is InChI=1S/C10H6N4O2S/c15-10(16)8-7(12-4-13-8)9-14-5-3-11-2-1-6(5)17-9/h1-4H,(H,12,13)(H,15,16). The van der Waals surface area contributed by atoms with E-state index in [2.05, 4.69) is 19.9 Å². The summed E-state index contributed by atoms with van der Waals surface area (Å²) in [6.07, 6.45) is 4.67. The molecule has 17 heavy (non-hydrogen) atoms. The predicted molar refractivity (Wildman–Crippen MR) is 62.0 cm³/mol. The number of H-pyrrole nitrogens is 1. The molecule has 3 aromatic heterocycles. The van der Waals surface area contributed by atoms with Crippen LogP contribution in [0.1, 0.15) is 10.5 Å². The second-order valence-corrected chi connectivity index (χ2v) is 4.32. The quantitative estimate of drug-likeness (QED) is 0.719. The van der Waals surface area contributed by atoms with Gasteiger partial charge in [0.1, 0.15) is 16.2 Å². The number of imidazole rings is 1. The SMILES string of the molecule is O=C(O)c1nc[nH]c1-c1nc2cnccc2s1. The number of nitrogens with zero attached hydrogens (tertiary/aromatic N) is 3. The molecule has 0 bridgehead atoms. The first-order chi connectivity index (χ1) is 8.25. The highest BCUT2D eigenvalue weighted by Gasteiger charge is 2.17. The molecule has 3 aromatic rings. The first-order valence-corrected chi connectivity index (χ1v) is 5.55. The predicted octanol–water partition coefficient (Wildman–Crippen LogP) is 1.78. The fourth-order valence-electron chi connectivity index (χ4n) is 1.51. The van der Waals surface area contributed by atoms with Crippen molar-refractivity contribution >= 4 is 27.5 Å². The van der Waals surface area contributed by atoms with Crippen molar-refractivity contribution in [3.05, 3.63) is 30.5 Å². The number of carboxylic acid groups (broad SMARTS) is 1. The molecule has 7 heteroatoms. The van der Waals surface area contributed by atoms with Crippen LogP contribution >= 0.6 is 11.3 Å². The molecule has 0 fully saturated rings. The third-order valence-electron chi connectivity index (χ3n) is 2.25. The Morgan fingerprint density at radius 2 is 2.35 bits per heavy atom. The summed E-state index contributed by atoms with van der Waals surface area (Å²) in [5.74, 6) is -1.07. The van der Waals surface area contributed by atoms with Crippen molar-refractivity contribution in [3.63, 3.8) is 0 Å². The van der Waals surface area contributed by atoms with Gasteiger partial charge in [-0.25, -0.2) is 14.8 Å². The zero-order chi connectivity index (χ0) is 11.8. The zero-order valence-electron chi connectivity index (χ0n) is 8.41. The van der Waals surface area contributed by atoms with Gasteiger partial charge in [0.15, 0.2) is 5.69 Å². The molecule has 0 aliphatic rings. The summed E-state index contributed by atoms with van der Waals surface area (Å²) in [6.45, 7) is 0. The lowest BCUT2D eigenvalue weighted by Crippen LogP contribution is -1.98.